The third-order valence-electron chi connectivity index (χ3n) is 4.61. The molecule has 2 heterocycles. The minimum absolute atomic E-state index is 0.294. The van der Waals surface area contributed by atoms with Crippen LogP contribution in [0.5, 0.6) is 0 Å². The van der Waals surface area contributed by atoms with Crippen molar-refractivity contribution in [2.75, 3.05) is 6.16 Å². The molecule has 2 aromatic carbocycles. The van der Waals surface area contributed by atoms with E-state index >= 15 is 0 Å². The second-order valence-electron chi connectivity index (χ2n) is 6.92. The first kappa shape index (κ1) is 17.1. The highest BCUT2D eigenvalue weighted by Crippen LogP contribution is 2.42. The molecule has 4 rings (SSSR count). The first-order valence-corrected chi connectivity index (χ1v) is 10.1. The van der Waals surface area contributed by atoms with E-state index < -0.39 is 32.2 Å². The molecule has 132 valence electrons. The SMILES string of the molecule is CC1(C)O[C@H]2O[C@H](CP(c3ccccc3)c3ccccc3)[C@H](O)[C@H]2O1. The lowest BCUT2D eigenvalue weighted by Crippen LogP contribution is -2.37. The van der Waals surface area contributed by atoms with E-state index in [0.717, 1.165) is 6.16 Å². The molecular weight excluding hydrogens is 335 g/mol. The maximum atomic E-state index is 10.7. The molecular formula is C20H23O4P. The highest BCUT2D eigenvalue weighted by atomic mass is 31.1. The summed E-state index contributed by atoms with van der Waals surface area (Å²) in [6.07, 6.45) is -1.13. The number of hydrogen-bond donors (Lipinski definition) is 1. The van der Waals surface area contributed by atoms with E-state index in [1.807, 2.05) is 26.0 Å². The number of aliphatic hydroxyl groups is 1. The second-order valence-corrected chi connectivity index (χ2v) is 9.17. The predicted molar refractivity (Wildman–Crippen MR) is 98.6 cm³/mol. The number of rotatable bonds is 4. The molecule has 0 unspecified atom stereocenters. The molecule has 0 radical (unpaired) electrons. The van der Waals surface area contributed by atoms with Gasteiger partial charge in [-0.3, -0.25) is 0 Å². The summed E-state index contributed by atoms with van der Waals surface area (Å²) in [6, 6.07) is 20.9. The van der Waals surface area contributed by atoms with Gasteiger partial charge in [0.1, 0.15) is 12.2 Å². The summed E-state index contributed by atoms with van der Waals surface area (Å²) in [5.74, 6) is -0.703. The van der Waals surface area contributed by atoms with Gasteiger partial charge in [0.05, 0.1) is 6.10 Å². The number of aliphatic hydroxyl groups excluding tert-OH is 1. The largest absolute Gasteiger partial charge is 0.387 e. The van der Waals surface area contributed by atoms with Crippen LogP contribution in [0.4, 0.5) is 0 Å². The Bertz CT molecular complexity index is 667. The van der Waals surface area contributed by atoms with Crippen molar-refractivity contribution in [1.82, 2.24) is 0 Å². The summed E-state index contributed by atoms with van der Waals surface area (Å²) in [7, 11) is -0.627. The lowest BCUT2D eigenvalue weighted by atomic mass is 10.1. The van der Waals surface area contributed by atoms with Crippen LogP contribution in [0.3, 0.4) is 0 Å². The second kappa shape index (κ2) is 6.79. The summed E-state index contributed by atoms with van der Waals surface area (Å²) < 4.78 is 17.6. The van der Waals surface area contributed by atoms with Crippen molar-refractivity contribution in [2.45, 2.75) is 44.2 Å². The van der Waals surface area contributed by atoms with Crippen LogP contribution in [0.15, 0.2) is 60.7 Å². The van der Waals surface area contributed by atoms with E-state index in [0.29, 0.717) is 0 Å². The summed E-state index contributed by atoms with van der Waals surface area (Å²) in [5, 5.41) is 13.3. The molecule has 2 aromatic rings. The van der Waals surface area contributed by atoms with Crippen molar-refractivity contribution < 1.29 is 19.3 Å². The molecule has 1 N–H and O–H groups in total. The molecule has 5 heteroatoms. The Morgan fingerprint density at radius 3 is 2.00 bits per heavy atom. The number of ether oxygens (including phenoxy) is 3. The average molecular weight is 358 g/mol. The lowest BCUT2D eigenvalue weighted by Gasteiger charge is -2.26. The van der Waals surface area contributed by atoms with Crippen molar-refractivity contribution in [2.24, 2.45) is 0 Å². The van der Waals surface area contributed by atoms with Gasteiger partial charge in [-0.1, -0.05) is 60.7 Å². The summed E-state index contributed by atoms with van der Waals surface area (Å²) in [6.45, 7) is 3.69. The Hall–Kier alpha value is -1.29. The molecule has 0 amide bonds. The zero-order valence-electron chi connectivity index (χ0n) is 14.4. The molecule has 0 bridgehead atoms. The lowest BCUT2D eigenvalue weighted by molar-refractivity contribution is -0.211. The standard InChI is InChI=1S/C20H23O4P/c1-20(2)23-18-17(21)16(22-19(18)24-20)13-25(14-9-5-3-6-10-14)15-11-7-4-8-12-15/h3-12,16-19,21H,13H2,1-2H3/t16-,17+,18-,19-/m1/s1. The molecule has 2 fully saturated rings. The van der Waals surface area contributed by atoms with Gasteiger partial charge >= 0.3 is 0 Å². The van der Waals surface area contributed by atoms with Crippen LogP contribution in [-0.4, -0.2) is 41.7 Å². The molecule has 4 atom stereocenters. The minimum atomic E-state index is -0.703. The van der Waals surface area contributed by atoms with Crippen LogP contribution in [0.25, 0.3) is 0 Å². The van der Waals surface area contributed by atoms with Crippen molar-refractivity contribution in [1.29, 1.82) is 0 Å². The van der Waals surface area contributed by atoms with Gasteiger partial charge in [0.2, 0.25) is 0 Å². The Kier molecular flexibility index (Phi) is 4.65. The van der Waals surface area contributed by atoms with Crippen molar-refractivity contribution >= 4 is 18.5 Å². The topological polar surface area (TPSA) is 47.9 Å². The molecule has 0 aliphatic carbocycles. The fourth-order valence-electron chi connectivity index (χ4n) is 3.46. The van der Waals surface area contributed by atoms with E-state index in [-0.39, 0.29) is 6.10 Å². The fourth-order valence-corrected chi connectivity index (χ4v) is 5.91. The molecule has 2 aliphatic heterocycles. The van der Waals surface area contributed by atoms with Gasteiger partial charge < -0.3 is 19.3 Å². The zero-order valence-corrected chi connectivity index (χ0v) is 15.3. The van der Waals surface area contributed by atoms with Crippen LogP contribution in [0.2, 0.25) is 0 Å². The monoisotopic (exact) mass is 358 g/mol. The third-order valence-corrected chi connectivity index (χ3v) is 7.18. The van der Waals surface area contributed by atoms with E-state index in [1.54, 1.807) is 0 Å². The van der Waals surface area contributed by atoms with Crippen LogP contribution < -0.4 is 10.6 Å². The molecule has 25 heavy (non-hydrogen) atoms. The van der Waals surface area contributed by atoms with Gasteiger partial charge in [-0.15, -0.1) is 0 Å². The number of benzene rings is 2. The van der Waals surface area contributed by atoms with E-state index in [1.165, 1.54) is 10.6 Å². The minimum Gasteiger partial charge on any atom is -0.387 e. The van der Waals surface area contributed by atoms with Gasteiger partial charge in [0, 0.05) is 6.16 Å². The van der Waals surface area contributed by atoms with E-state index in [4.69, 9.17) is 14.2 Å². The average Bonchev–Trinajstić information content (AvgIpc) is 3.07. The van der Waals surface area contributed by atoms with E-state index in [2.05, 4.69) is 48.5 Å². The Labute approximate surface area is 149 Å². The maximum Gasteiger partial charge on any atom is 0.190 e. The first-order chi connectivity index (χ1) is 12.0. The van der Waals surface area contributed by atoms with Gasteiger partial charge in [-0.25, -0.2) is 0 Å². The fraction of sp³-hybridized carbons (Fsp3) is 0.400. The van der Waals surface area contributed by atoms with E-state index in [9.17, 15) is 5.11 Å². The Morgan fingerprint density at radius 2 is 1.48 bits per heavy atom. The number of hydrogen-bond acceptors (Lipinski definition) is 4. The predicted octanol–water partition coefficient (Wildman–Crippen LogP) is 2.36. The molecule has 0 aromatic heterocycles. The number of fused-ring (bicyclic) bond motifs is 1. The van der Waals surface area contributed by atoms with Crippen molar-refractivity contribution in [3.05, 3.63) is 60.7 Å². The normalized spacial score (nSPS) is 30.6. The summed E-state index contributed by atoms with van der Waals surface area (Å²) in [5.41, 5.74) is 0. The summed E-state index contributed by atoms with van der Waals surface area (Å²) in [4.78, 5) is 0. The van der Waals surface area contributed by atoms with Gasteiger partial charge in [-0.2, -0.15) is 0 Å². The molecule has 2 aliphatic rings. The highest BCUT2D eigenvalue weighted by molar-refractivity contribution is 7.73. The Morgan fingerprint density at radius 1 is 0.920 bits per heavy atom. The van der Waals surface area contributed by atoms with Crippen LogP contribution >= 0.6 is 7.92 Å². The van der Waals surface area contributed by atoms with Gasteiger partial charge in [0.15, 0.2) is 12.1 Å². The third kappa shape index (κ3) is 3.51. The van der Waals surface area contributed by atoms with Crippen LogP contribution in [0.1, 0.15) is 13.8 Å². The molecule has 4 nitrogen and oxygen atoms in total. The molecule has 0 saturated carbocycles. The van der Waals surface area contributed by atoms with Crippen molar-refractivity contribution in [3.63, 3.8) is 0 Å². The highest BCUT2D eigenvalue weighted by Gasteiger charge is 2.54. The summed E-state index contributed by atoms with van der Waals surface area (Å²) >= 11 is 0. The molecule has 0 spiro atoms. The van der Waals surface area contributed by atoms with Crippen LogP contribution in [0, 0.1) is 0 Å². The van der Waals surface area contributed by atoms with Crippen LogP contribution in [-0.2, 0) is 14.2 Å². The first-order valence-electron chi connectivity index (χ1n) is 8.60. The van der Waals surface area contributed by atoms with Gasteiger partial charge in [-0.05, 0) is 32.4 Å². The van der Waals surface area contributed by atoms with Crippen molar-refractivity contribution in [3.8, 4) is 0 Å². The van der Waals surface area contributed by atoms with Gasteiger partial charge in [0.25, 0.3) is 0 Å². The smallest absolute Gasteiger partial charge is 0.190 e. The quantitative estimate of drug-likeness (QED) is 0.853. The molecule has 2 saturated heterocycles. The Balaban J connectivity index is 1.56. The maximum absolute atomic E-state index is 10.7. The zero-order chi connectivity index (χ0) is 17.4.